The molecule has 27 heavy (non-hydrogen) atoms. The van der Waals surface area contributed by atoms with Gasteiger partial charge in [-0.1, -0.05) is 25.6 Å². The average molecular weight is 453 g/mol. The third-order valence-corrected chi connectivity index (χ3v) is 5.59. The van der Waals surface area contributed by atoms with Crippen LogP contribution < -0.4 is 15.8 Å². The van der Waals surface area contributed by atoms with Crippen molar-refractivity contribution in [2.24, 2.45) is 5.92 Å². The Morgan fingerprint density at radius 3 is 2.81 bits per heavy atom. The van der Waals surface area contributed by atoms with E-state index in [1.54, 1.807) is 0 Å². The summed E-state index contributed by atoms with van der Waals surface area (Å²) in [5, 5.41) is 2.80. The molecule has 0 bridgehead atoms. The summed E-state index contributed by atoms with van der Waals surface area (Å²) in [4.78, 5) is 36.5. The Balaban J connectivity index is 1.84. The van der Waals surface area contributed by atoms with Crippen LogP contribution in [0.25, 0.3) is 11.2 Å². The molecule has 0 saturated carbocycles. The van der Waals surface area contributed by atoms with Gasteiger partial charge in [-0.05, 0) is 21.8 Å². The molecule has 0 aromatic carbocycles. The monoisotopic (exact) mass is 452 g/mol. The van der Waals surface area contributed by atoms with Crippen LogP contribution in [0.1, 0.15) is 13.8 Å². The number of rotatable bonds is 6. The zero-order chi connectivity index (χ0) is 19.6. The van der Waals surface area contributed by atoms with Gasteiger partial charge in [0.15, 0.2) is 5.65 Å². The van der Waals surface area contributed by atoms with Crippen LogP contribution in [0.2, 0.25) is 0 Å². The number of fused-ring (bicyclic) bond motifs is 1. The van der Waals surface area contributed by atoms with Crippen LogP contribution in [-0.4, -0.2) is 48.2 Å². The van der Waals surface area contributed by atoms with Crippen molar-refractivity contribution in [2.75, 3.05) is 18.2 Å². The molecule has 4 N–H and O–H groups in total. The first-order valence-corrected chi connectivity index (χ1v) is 9.57. The molecular formula is C15H17BrN8O2S. The summed E-state index contributed by atoms with van der Waals surface area (Å²) in [5.41, 5.74) is 6.84. The molecule has 3 aromatic heterocycles. The number of hydrogen-bond donors (Lipinski definition) is 3. The Bertz CT molecular complexity index is 980. The van der Waals surface area contributed by atoms with Crippen LogP contribution >= 0.6 is 27.7 Å². The van der Waals surface area contributed by atoms with E-state index in [0.29, 0.717) is 26.5 Å². The predicted octanol–water partition coefficient (Wildman–Crippen LogP) is 2.25. The molecular weight excluding hydrogens is 436 g/mol. The number of imidazole rings is 1. The maximum absolute atomic E-state index is 12.8. The van der Waals surface area contributed by atoms with Gasteiger partial charge < -0.3 is 15.5 Å². The molecule has 3 rings (SSSR count). The summed E-state index contributed by atoms with van der Waals surface area (Å²) in [7, 11) is 1.49. The lowest BCUT2D eigenvalue weighted by Gasteiger charge is -2.19. The lowest BCUT2D eigenvalue weighted by molar-refractivity contribution is -0.116. The highest BCUT2D eigenvalue weighted by molar-refractivity contribution is 9.10. The average Bonchev–Trinajstić information content (AvgIpc) is 3.09. The number of nitrogens with one attached hydrogen (secondary N) is 2. The Morgan fingerprint density at radius 1 is 1.33 bits per heavy atom. The van der Waals surface area contributed by atoms with Crippen LogP contribution in [0.5, 0.6) is 5.88 Å². The van der Waals surface area contributed by atoms with Gasteiger partial charge in [0.1, 0.15) is 10.5 Å². The minimum absolute atomic E-state index is 0.00139. The fourth-order valence-corrected chi connectivity index (χ4v) is 3.70. The maximum atomic E-state index is 12.8. The largest absolute Gasteiger partial charge is 0.480 e. The summed E-state index contributed by atoms with van der Waals surface area (Å²) in [5.74, 6) is 0.323. The number of nitrogens with two attached hydrogens (primary N) is 1. The van der Waals surface area contributed by atoms with Crippen molar-refractivity contribution < 1.29 is 9.53 Å². The van der Waals surface area contributed by atoms with Gasteiger partial charge in [0, 0.05) is 0 Å². The van der Waals surface area contributed by atoms with Gasteiger partial charge in [0.25, 0.3) is 0 Å². The highest BCUT2D eigenvalue weighted by atomic mass is 79.9. The number of amides is 1. The molecule has 0 aliphatic rings. The number of aromatic nitrogens is 6. The first kappa shape index (κ1) is 19.3. The van der Waals surface area contributed by atoms with Crippen molar-refractivity contribution in [1.29, 1.82) is 0 Å². The van der Waals surface area contributed by atoms with Crippen molar-refractivity contribution in [3.63, 3.8) is 0 Å². The molecule has 142 valence electrons. The number of aromatic amines is 1. The third-order valence-electron chi connectivity index (χ3n) is 3.51. The molecule has 1 atom stereocenters. The summed E-state index contributed by atoms with van der Waals surface area (Å²) in [6.07, 6.45) is 3.02. The van der Waals surface area contributed by atoms with E-state index < -0.39 is 5.25 Å². The van der Waals surface area contributed by atoms with Gasteiger partial charge in [0.2, 0.25) is 23.7 Å². The zero-order valence-corrected chi connectivity index (χ0v) is 17.1. The van der Waals surface area contributed by atoms with Crippen LogP contribution in [0.3, 0.4) is 0 Å². The normalized spacial score (nSPS) is 12.3. The van der Waals surface area contributed by atoms with Gasteiger partial charge in [-0.15, -0.1) is 0 Å². The fraction of sp³-hybridized carbons (Fsp3) is 0.333. The van der Waals surface area contributed by atoms with Crippen LogP contribution in [0.15, 0.2) is 22.0 Å². The van der Waals surface area contributed by atoms with Crippen LogP contribution in [0, 0.1) is 5.92 Å². The zero-order valence-electron chi connectivity index (χ0n) is 14.7. The maximum Gasteiger partial charge on any atom is 0.240 e. The SMILES string of the molecule is COc1nc(NC(=O)[C@H](Sc2nc(N)nc3nc[nH]c23)C(C)C)ncc1Br. The molecule has 10 nitrogen and oxygen atoms in total. The van der Waals surface area contributed by atoms with Crippen molar-refractivity contribution in [1.82, 2.24) is 29.9 Å². The van der Waals surface area contributed by atoms with Gasteiger partial charge in [-0.25, -0.2) is 15.0 Å². The number of nitrogen functional groups attached to an aromatic ring is 1. The van der Waals surface area contributed by atoms with Crippen LogP contribution in [-0.2, 0) is 4.79 Å². The second-order valence-corrected chi connectivity index (χ2v) is 7.80. The molecule has 1 amide bonds. The predicted molar refractivity (Wildman–Crippen MR) is 105 cm³/mol. The van der Waals surface area contributed by atoms with Gasteiger partial charge >= 0.3 is 0 Å². The van der Waals surface area contributed by atoms with Gasteiger partial charge in [0.05, 0.1) is 29.4 Å². The first-order valence-electron chi connectivity index (χ1n) is 7.89. The van der Waals surface area contributed by atoms with Crippen molar-refractivity contribution in [2.45, 2.75) is 24.1 Å². The number of nitrogens with zero attached hydrogens (tertiary/aromatic N) is 5. The van der Waals surface area contributed by atoms with E-state index in [-0.39, 0.29) is 23.7 Å². The first-order chi connectivity index (χ1) is 12.9. The van der Waals surface area contributed by atoms with Crippen molar-refractivity contribution >= 4 is 56.7 Å². The Hall–Kier alpha value is -2.47. The lowest BCUT2D eigenvalue weighted by Crippen LogP contribution is -2.30. The second kappa shape index (κ2) is 8.05. The van der Waals surface area contributed by atoms with E-state index in [9.17, 15) is 4.79 Å². The molecule has 0 saturated heterocycles. The molecule has 3 heterocycles. The Labute approximate surface area is 167 Å². The Kier molecular flexibility index (Phi) is 5.75. The van der Waals surface area contributed by atoms with Gasteiger partial charge in [-0.3, -0.25) is 10.1 Å². The van der Waals surface area contributed by atoms with E-state index in [2.05, 4.69) is 51.2 Å². The summed E-state index contributed by atoms with van der Waals surface area (Å²) in [6.45, 7) is 3.88. The smallest absolute Gasteiger partial charge is 0.240 e. The molecule has 0 fully saturated rings. The van der Waals surface area contributed by atoms with Gasteiger partial charge in [-0.2, -0.15) is 9.97 Å². The molecule has 0 radical (unpaired) electrons. The number of carbonyl (C=O) groups is 1. The molecule has 0 unspecified atom stereocenters. The number of halogens is 1. The number of thioether (sulfide) groups is 1. The van der Waals surface area contributed by atoms with E-state index >= 15 is 0 Å². The third kappa shape index (κ3) is 4.27. The lowest BCUT2D eigenvalue weighted by atomic mass is 10.1. The summed E-state index contributed by atoms with van der Waals surface area (Å²) in [6, 6.07) is 0. The second-order valence-electron chi connectivity index (χ2n) is 5.81. The quantitative estimate of drug-likeness (QED) is 0.378. The number of methoxy groups -OCH3 is 1. The van der Waals surface area contributed by atoms with E-state index in [4.69, 9.17) is 10.5 Å². The number of hydrogen-bond acceptors (Lipinski definition) is 9. The number of H-pyrrole nitrogens is 1. The highest BCUT2D eigenvalue weighted by Crippen LogP contribution is 2.32. The molecule has 0 aliphatic heterocycles. The minimum atomic E-state index is -0.468. The fourth-order valence-electron chi connectivity index (χ4n) is 2.26. The number of carbonyl (C=O) groups excluding carboxylic acids is 1. The van der Waals surface area contributed by atoms with E-state index in [1.165, 1.54) is 31.4 Å². The highest BCUT2D eigenvalue weighted by Gasteiger charge is 2.27. The molecule has 3 aromatic rings. The molecule has 0 aliphatic carbocycles. The summed E-state index contributed by atoms with van der Waals surface area (Å²) >= 11 is 4.55. The standard InChI is InChI=1S/C15H17BrN8O2S/c1-6(2)9(11(25)22-15-18-4-7(16)12(23-15)26-3)27-13-8-10(20-5-19-8)21-14(17)24-13/h4-6,9H,1-3H3,(H,18,22,23,25)(H3,17,19,20,21,24)/t9-/m1/s1. The number of anilines is 2. The van der Waals surface area contributed by atoms with E-state index in [1.807, 2.05) is 13.8 Å². The Morgan fingerprint density at radius 2 is 2.11 bits per heavy atom. The van der Waals surface area contributed by atoms with Crippen LogP contribution in [0.4, 0.5) is 11.9 Å². The van der Waals surface area contributed by atoms with E-state index in [0.717, 1.165) is 0 Å². The van der Waals surface area contributed by atoms with Crippen molar-refractivity contribution in [3.8, 4) is 5.88 Å². The minimum Gasteiger partial charge on any atom is -0.480 e. The number of ether oxygens (including phenoxy) is 1. The topological polar surface area (TPSA) is 145 Å². The molecule has 12 heteroatoms. The molecule has 0 spiro atoms. The van der Waals surface area contributed by atoms with Crippen molar-refractivity contribution in [3.05, 3.63) is 17.0 Å². The summed E-state index contributed by atoms with van der Waals surface area (Å²) < 4.78 is 5.72.